The van der Waals surface area contributed by atoms with Gasteiger partial charge in [-0.25, -0.2) is 0 Å². The van der Waals surface area contributed by atoms with Crippen molar-refractivity contribution in [1.82, 2.24) is 15.5 Å². The topological polar surface area (TPSA) is 61.4 Å². The number of piperidine rings is 1. The summed E-state index contributed by atoms with van der Waals surface area (Å²) in [6, 6.07) is 17.2. The number of likely N-dealkylation sites (tertiary alicyclic amines) is 1. The Labute approximate surface area is 173 Å². The summed E-state index contributed by atoms with van der Waals surface area (Å²) in [6.07, 6.45) is 3.81. The van der Waals surface area contributed by atoms with E-state index in [1.54, 1.807) is 31.2 Å². The standard InChI is InChI=1S/C24H31N3O2/c1-18-10-8-9-15-27(18)17-22-14-7-6-13-21(22)16-25-23(28)19(2)26-24(29)20-11-4-3-5-12-20/h3-7,11-14,18-19H,8-10,15-17H2,1-2H3,(H,25,28)(H,26,29). The Bertz CT molecular complexity index is 822. The number of hydrogen-bond donors (Lipinski definition) is 2. The van der Waals surface area contributed by atoms with Crippen molar-refractivity contribution in [3.05, 3.63) is 71.3 Å². The van der Waals surface area contributed by atoms with E-state index >= 15 is 0 Å². The lowest BCUT2D eigenvalue weighted by Crippen LogP contribution is -2.44. The van der Waals surface area contributed by atoms with E-state index in [1.807, 2.05) is 12.1 Å². The molecule has 3 rings (SSSR count). The summed E-state index contributed by atoms with van der Waals surface area (Å²) in [4.78, 5) is 27.3. The molecule has 2 N–H and O–H groups in total. The van der Waals surface area contributed by atoms with Gasteiger partial charge in [-0.3, -0.25) is 14.5 Å². The molecule has 1 fully saturated rings. The maximum atomic E-state index is 12.5. The van der Waals surface area contributed by atoms with Gasteiger partial charge < -0.3 is 10.6 Å². The number of rotatable bonds is 7. The molecule has 0 aliphatic carbocycles. The van der Waals surface area contributed by atoms with Crippen molar-refractivity contribution in [2.75, 3.05) is 6.54 Å². The molecule has 0 bridgehead atoms. The lowest BCUT2D eigenvalue weighted by molar-refractivity contribution is -0.122. The fraction of sp³-hybridized carbons (Fsp3) is 0.417. The number of carbonyl (C=O) groups is 2. The minimum atomic E-state index is -0.600. The van der Waals surface area contributed by atoms with Crippen LogP contribution in [0.5, 0.6) is 0 Å². The largest absolute Gasteiger partial charge is 0.350 e. The predicted octanol–water partition coefficient (Wildman–Crippen LogP) is 3.50. The van der Waals surface area contributed by atoms with Gasteiger partial charge in [0.05, 0.1) is 0 Å². The highest BCUT2D eigenvalue weighted by Crippen LogP contribution is 2.20. The van der Waals surface area contributed by atoms with Gasteiger partial charge in [0.2, 0.25) is 5.91 Å². The Hall–Kier alpha value is -2.66. The molecule has 5 heteroatoms. The molecule has 2 aromatic rings. The molecule has 154 valence electrons. The second-order valence-corrected chi connectivity index (χ2v) is 7.86. The molecule has 29 heavy (non-hydrogen) atoms. The third kappa shape index (κ3) is 5.91. The van der Waals surface area contributed by atoms with Gasteiger partial charge in [-0.15, -0.1) is 0 Å². The van der Waals surface area contributed by atoms with Crippen molar-refractivity contribution < 1.29 is 9.59 Å². The molecule has 0 radical (unpaired) electrons. The second-order valence-electron chi connectivity index (χ2n) is 7.86. The number of amides is 2. The molecule has 0 saturated carbocycles. The zero-order chi connectivity index (χ0) is 20.6. The van der Waals surface area contributed by atoms with Crippen LogP contribution in [0.1, 0.15) is 54.6 Å². The van der Waals surface area contributed by atoms with Gasteiger partial charge in [-0.1, -0.05) is 48.9 Å². The van der Waals surface area contributed by atoms with Crippen LogP contribution in [0.4, 0.5) is 0 Å². The molecule has 0 aromatic heterocycles. The molecule has 2 atom stereocenters. The number of hydrogen-bond acceptors (Lipinski definition) is 3. The summed E-state index contributed by atoms with van der Waals surface area (Å²) in [5.41, 5.74) is 2.93. The molecule has 2 amide bonds. The Balaban J connectivity index is 1.55. The molecule has 5 nitrogen and oxygen atoms in total. The van der Waals surface area contributed by atoms with Crippen LogP contribution in [0.2, 0.25) is 0 Å². The van der Waals surface area contributed by atoms with E-state index < -0.39 is 6.04 Å². The van der Waals surface area contributed by atoms with Crippen LogP contribution in [0.25, 0.3) is 0 Å². The van der Waals surface area contributed by atoms with E-state index in [0.717, 1.165) is 18.7 Å². The molecule has 1 aliphatic rings. The maximum absolute atomic E-state index is 12.5. The van der Waals surface area contributed by atoms with Crippen molar-refractivity contribution >= 4 is 11.8 Å². The van der Waals surface area contributed by atoms with Gasteiger partial charge in [0.25, 0.3) is 5.91 Å². The Morgan fingerprint density at radius 1 is 1.03 bits per heavy atom. The summed E-state index contributed by atoms with van der Waals surface area (Å²) in [5.74, 6) is -0.428. The average molecular weight is 394 g/mol. The van der Waals surface area contributed by atoms with Crippen molar-refractivity contribution in [1.29, 1.82) is 0 Å². The Morgan fingerprint density at radius 2 is 1.72 bits per heavy atom. The van der Waals surface area contributed by atoms with Crippen LogP contribution >= 0.6 is 0 Å². The van der Waals surface area contributed by atoms with Crippen LogP contribution in [0.15, 0.2) is 54.6 Å². The average Bonchev–Trinajstić information content (AvgIpc) is 2.75. The minimum absolute atomic E-state index is 0.185. The van der Waals surface area contributed by atoms with E-state index in [1.165, 1.54) is 24.8 Å². The Morgan fingerprint density at radius 3 is 2.45 bits per heavy atom. The molecule has 2 aromatic carbocycles. The van der Waals surface area contributed by atoms with Crippen molar-refractivity contribution in [2.24, 2.45) is 0 Å². The number of carbonyl (C=O) groups excluding carboxylic acids is 2. The van der Waals surface area contributed by atoms with Crippen molar-refractivity contribution in [3.63, 3.8) is 0 Å². The molecule has 1 heterocycles. The first-order valence-electron chi connectivity index (χ1n) is 10.5. The monoisotopic (exact) mass is 393 g/mol. The van der Waals surface area contributed by atoms with Gasteiger partial charge in [-0.05, 0) is 56.5 Å². The predicted molar refractivity (Wildman–Crippen MR) is 115 cm³/mol. The van der Waals surface area contributed by atoms with Crippen LogP contribution in [0.3, 0.4) is 0 Å². The van der Waals surface area contributed by atoms with Crippen LogP contribution in [-0.4, -0.2) is 35.3 Å². The van der Waals surface area contributed by atoms with Crippen LogP contribution < -0.4 is 10.6 Å². The summed E-state index contributed by atoms with van der Waals surface area (Å²) < 4.78 is 0. The summed E-state index contributed by atoms with van der Waals surface area (Å²) in [5, 5.41) is 5.73. The van der Waals surface area contributed by atoms with E-state index in [-0.39, 0.29) is 11.8 Å². The normalized spacial score (nSPS) is 18.1. The zero-order valence-corrected chi connectivity index (χ0v) is 17.4. The molecular formula is C24H31N3O2. The van der Waals surface area contributed by atoms with Crippen molar-refractivity contribution in [2.45, 2.75) is 58.3 Å². The second kappa shape index (κ2) is 10.2. The SMILES string of the molecule is CC(NC(=O)c1ccccc1)C(=O)NCc1ccccc1CN1CCCCC1C. The molecule has 1 saturated heterocycles. The van der Waals surface area contributed by atoms with E-state index in [2.05, 4.69) is 40.7 Å². The Kier molecular flexibility index (Phi) is 7.42. The quantitative estimate of drug-likeness (QED) is 0.757. The first-order chi connectivity index (χ1) is 14.0. The lowest BCUT2D eigenvalue weighted by Gasteiger charge is -2.33. The van der Waals surface area contributed by atoms with Crippen molar-refractivity contribution in [3.8, 4) is 0 Å². The van der Waals surface area contributed by atoms with E-state index in [9.17, 15) is 9.59 Å². The molecular weight excluding hydrogens is 362 g/mol. The third-order valence-corrected chi connectivity index (χ3v) is 5.66. The van der Waals surface area contributed by atoms with Gasteiger partial charge in [-0.2, -0.15) is 0 Å². The summed E-state index contributed by atoms with van der Waals surface area (Å²) >= 11 is 0. The number of benzene rings is 2. The van der Waals surface area contributed by atoms with Gasteiger partial charge in [0.15, 0.2) is 0 Å². The molecule has 0 spiro atoms. The fourth-order valence-corrected chi connectivity index (χ4v) is 3.77. The first-order valence-corrected chi connectivity index (χ1v) is 10.5. The molecule has 2 unspecified atom stereocenters. The number of nitrogens with one attached hydrogen (secondary N) is 2. The highest BCUT2D eigenvalue weighted by Gasteiger charge is 2.20. The lowest BCUT2D eigenvalue weighted by atomic mass is 10.0. The highest BCUT2D eigenvalue weighted by molar-refractivity contribution is 5.97. The smallest absolute Gasteiger partial charge is 0.251 e. The summed E-state index contributed by atoms with van der Waals surface area (Å²) in [7, 11) is 0. The van der Waals surface area contributed by atoms with Crippen LogP contribution in [-0.2, 0) is 17.9 Å². The first kappa shape index (κ1) is 21.1. The van der Waals surface area contributed by atoms with E-state index in [0.29, 0.717) is 18.2 Å². The van der Waals surface area contributed by atoms with E-state index in [4.69, 9.17) is 0 Å². The third-order valence-electron chi connectivity index (χ3n) is 5.66. The molecule has 1 aliphatic heterocycles. The van der Waals surface area contributed by atoms with Crippen LogP contribution in [0, 0.1) is 0 Å². The van der Waals surface area contributed by atoms with Gasteiger partial charge >= 0.3 is 0 Å². The zero-order valence-electron chi connectivity index (χ0n) is 17.4. The summed E-state index contributed by atoms with van der Waals surface area (Å²) in [6.45, 7) is 6.50. The maximum Gasteiger partial charge on any atom is 0.251 e. The minimum Gasteiger partial charge on any atom is -0.350 e. The van der Waals surface area contributed by atoms with Gasteiger partial charge in [0.1, 0.15) is 6.04 Å². The number of nitrogens with zero attached hydrogens (tertiary/aromatic N) is 1. The highest BCUT2D eigenvalue weighted by atomic mass is 16.2. The fourth-order valence-electron chi connectivity index (χ4n) is 3.77. The van der Waals surface area contributed by atoms with Gasteiger partial charge in [0, 0.05) is 24.7 Å².